The molecule has 0 amide bonds. The number of nitrogens with zero attached hydrogens (tertiary/aromatic N) is 1. The van der Waals surface area contributed by atoms with Gasteiger partial charge >= 0.3 is 11.9 Å². The van der Waals surface area contributed by atoms with Gasteiger partial charge in [0.1, 0.15) is 19.8 Å². The number of rotatable bonds is 23. The zero-order valence-corrected chi connectivity index (χ0v) is 27.6. The molecule has 0 heterocycles. The molecule has 1 rings (SSSR count). The van der Waals surface area contributed by atoms with Gasteiger partial charge in [-0.1, -0.05) is 57.6 Å². The lowest BCUT2D eigenvalue weighted by atomic mass is 9.88. The Morgan fingerprint density at radius 2 is 1.72 bits per heavy atom. The van der Waals surface area contributed by atoms with Crippen LogP contribution in [0.15, 0.2) is 12.2 Å². The molecular formula is C30H56NO11P. The number of phosphoric acid groups is 1. The molecular weight excluding hydrogens is 581 g/mol. The largest absolute Gasteiger partial charge is 0.756 e. The van der Waals surface area contributed by atoms with E-state index in [0.29, 0.717) is 30.3 Å². The Labute approximate surface area is 257 Å². The molecule has 0 aromatic heterocycles. The number of aliphatic hydroxyl groups excluding tert-OH is 3. The number of phosphoric ester groups is 1. The summed E-state index contributed by atoms with van der Waals surface area (Å²) in [5, 5.41) is 31.1. The zero-order valence-electron chi connectivity index (χ0n) is 26.7. The van der Waals surface area contributed by atoms with E-state index in [1.807, 2.05) is 27.2 Å². The van der Waals surface area contributed by atoms with Gasteiger partial charge in [0, 0.05) is 25.7 Å². The average molecular weight is 638 g/mol. The highest BCUT2D eigenvalue weighted by molar-refractivity contribution is 7.45. The normalized spacial score (nSPS) is 23.7. The van der Waals surface area contributed by atoms with Crippen LogP contribution in [0.1, 0.15) is 84.5 Å². The molecule has 0 spiro atoms. The summed E-state index contributed by atoms with van der Waals surface area (Å²) >= 11 is 0. The Balaban J connectivity index is 2.36. The maximum absolute atomic E-state index is 12.2. The average Bonchev–Trinajstić information content (AvgIpc) is 3.17. The van der Waals surface area contributed by atoms with Crippen LogP contribution >= 0.6 is 7.82 Å². The van der Waals surface area contributed by atoms with E-state index in [0.717, 1.165) is 51.9 Å². The molecule has 43 heavy (non-hydrogen) atoms. The molecule has 12 nitrogen and oxygen atoms in total. The SMILES string of the molecule is CCCCC[C@H](O)/C=C/[C@@H]1[C@@H](CCCCCCC(=O)OC[C@H](COP(=O)([O-])OCC[N+](C)(C)C)OC(C)=O)[C@@H](O)C[C@H]1O. The van der Waals surface area contributed by atoms with Gasteiger partial charge in [-0.3, -0.25) is 14.2 Å². The molecule has 0 saturated heterocycles. The second-order valence-electron chi connectivity index (χ2n) is 12.5. The molecule has 13 heteroatoms. The lowest BCUT2D eigenvalue weighted by Crippen LogP contribution is -2.37. The predicted octanol–water partition coefficient (Wildman–Crippen LogP) is 2.87. The highest BCUT2D eigenvalue weighted by Crippen LogP contribution is 2.39. The van der Waals surface area contributed by atoms with Gasteiger partial charge in [-0.05, 0) is 25.2 Å². The van der Waals surface area contributed by atoms with Crippen molar-refractivity contribution in [1.29, 1.82) is 0 Å². The van der Waals surface area contributed by atoms with Gasteiger partial charge in [0.25, 0.3) is 7.82 Å². The number of carbonyl (C=O) groups is 2. The fraction of sp³-hybridized carbons (Fsp3) is 0.867. The van der Waals surface area contributed by atoms with Crippen LogP contribution in [0, 0.1) is 11.8 Å². The van der Waals surface area contributed by atoms with Crippen molar-refractivity contribution in [2.24, 2.45) is 11.8 Å². The van der Waals surface area contributed by atoms with Crippen LogP contribution in [0.4, 0.5) is 0 Å². The molecule has 0 radical (unpaired) electrons. The maximum atomic E-state index is 12.2. The fourth-order valence-electron chi connectivity index (χ4n) is 4.98. The van der Waals surface area contributed by atoms with Gasteiger partial charge in [0.05, 0.1) is 46.1 Å². The number of ether oxygens (including phenoxy) is 2. The minimum atomic E-state index is -4.62. The number of likely N-dealkylation sites (N-methyl/N-ethyl adjacent to an activating group) is 1. The molecule has 252 valence electrons. The van der Waals surface area contributed by atoms with Crippen LogP contribution in [0.3, 0.4) is 0 Å². The predicted molar refractivity (Wildman–Crippen MR) is 160 cm³/mol. The molecule has 0 aliphatic heterocycles. The van der Waals surface area contributed by atoms with Crippen molar-refractivity contribution in [2.45, 2.75) is 109 Å². The standard InChI is InChI=1S/C30H56NO11P/c1-6-7-10-13-24(33)16-17-27-26(28(34)20-29(27)35)14-11-8-9-12-15-30(36)39-21-25(42-23(2)32)22-41-43(37,38)40-19-18-31(3,4)5/h16-17,24-29,33-35H,6-15,18-22H2,1-5H3/b17-16+/t24-,25+,26+,27+,28-,29+/m0/s1. The fourth-order valence-corrected chi connectivity index (χ4v) is 5.71. The lowest BCUT2D eigenvalue weighted by Gasteiger charge is -2.28. The Hall–Kier alpha value is -1.37. The Kier molecular flexibility index (Phi) is 19.0. The summed E-state index contributed by atoms with van der Waals surface area (Å²) in [6.07, 6.45) is 8.75. The van der Waals surface area contributed by atoms with E-state index in [9.17, 15) is 34.4 Å². The summed E-state index contributed by atoms with van der Waals surface area (Å²) in [5.74, 6) is -1.44. The number of unbranched alkanes of at least 4 members (excludes halogenated alkanes) is 5. The molecule has 0 aromatic carbocycles. The number of hydrogen-bond acceptors (Lipinski definition) is 11. The highest BCUT2D eigenvalue weighted by atomic mass is 31.2. The molecule has 7 atom stereocenters. The molecule has 1 aliphatic rings. The van der Waals surface area contributed by atoms with Gasteiger partial charge in [0.2, 0.25) is 0 Å². The Morgan fingerprint density at radius 1 is 1.02 bits per heavy atom. The van der Waals surface area contributed by atoms with Gasteiger partial charge in [0.15, 0.2) is 6.10 Å². The molecule has 1 unspecified atom stereocenters. The third-order valence-corrected chi connectivity index (χ3v) is 8.40. The number of esters is 2. The third kappa shape index (κ3) is 18.9. The van der Waals surface area contributed by atoms with Crippen molar-refractivity contribution in [1.82, 2.24) is 0 Å². The van der Waals surface area contributed by atoms with Crippen LogP contribution in [0.2, 0.25) is 0 Å². The first-order valence-electron chi connectivity index (χ1n) is 15.6. The zero-order chi connectivity index (χ0) is 32.5. The number of quaternary nitrogens is 1. The van der Waals surface area contributed by atoms with E-state index in [-0.39, 0.29) is 31.5 Å². The first-order valence-corrected chi connectivity index (χ1v) is 17.1. The van der Waals surface area contributed by atoms with Crippen LogP contribution < -0.4 is 4.89 Å². The van der Waals surface area contributed by atoms with Crippen molar-refractivity contribution < 1.29 is 57.4 Å². The van der Waals surface area contributed by atoms with Crippen molar-refractivity contribution in [2.75, 3.05) is 47.5 Å². The van der Waals surface area contributed by atoms with Crippen LogP contribution in [-0.4, -0.2) is 104 Å². The Bertz CT molecular complexity index is 879. The molecule has 0 aromatic rings. The van der Waals surface area contributed by atoms with Gasteiger partial charge in [-0.25, -0.2) is 0 Å². The van der Waals surface area contributed by atoms with E-state index in [4.69, 9.17) is 18.5 Å². The second kappa shape index (κ2) is 20.6. The summed E-state index contributed by atoms with van der Waals surface area (Å²) in [6, 6.07) is 0. The lowest BCUT2D eigenvalue weighted by molar-refractivity contribution is -0.870. The monoisotopic (exact) mass is 637 g/mol. The molecule has 3 N–H and O–H groups in total. The summed E-state index contributed by atoms with van der Waals surface area (Å²) in [5.41, 5.74) is 0. The van der Waals surface area contributed by atoms with Crippen LogP contribution in [0.5, 0.6) is 0 Å². The number of carbonyl (C=O) groups excluding carboxylic acids is 2. The second-order valence-corrected chi connectivity index (χ2v) is 13.9. The number of hydrogen-bond donors (Lipinski definition) is 3. The quantitative estimate of drug-likeness (QED) is 0.0495. The summed E-state index contributed by atoms with van der Waals surface area (Å²) in [7, 11) is 1.04. The van der Waals surface area contributed by atoms with Crippen molar-refractivity contribution in [3.8, 4) is 0 Å². The van der Waals surface area contributed by atoms with Crippen LogP contribution in [-0.2, 0) is 32.7 Å². The van der Waals surface area contributed by atoms with Gasteiger partial charge in [-0.2, -0.15) is 0 Å². The van der Waals surface area contributed by atoms with E-state index >= 15 is 0 Å². The maximum Gasteiger partial charge on any atom is 0.305 e. The Morgan fingerprint density at radius 3 is 2.37 bits per heavy atom. The van der Waals surface area contributed by atoms with E-state index in [2.05, 4.69) is 6.92 Å². The van der Waals surface area contributed by atoms with Crippen molar-refractivity contribution in [3.63, 3.8) is 0 Å². The minimum Gasteiger partial charge on any atom is -0.756 e. The minimum absolute atomic E-state index is 0.0678. The summed E-state index contributed by atoms with van der Waals surface area (Å²) in [4.78, 5) is 35.6. The smallest absolute Gasteiger partial charge is 0.305 e. The first kappa shape index (κ1) is 39.7. The third-order valence-electron chi connectivity index (χ3n) is 7.44. The molecule has 1 aliphatic carbocycles. The summed E-state index contributed by atoms with van der Waals surface area (Å²) in [6.45, 7) is 2.76. The topological polar surface area (TPSA) is 172 Å². The van der Waals surface area contributed by atoms with Crippen molar-refractivity contribution in [3.05, 3.63) is 12.2 Å². The van der Waals surface area contributed by atoms with Crippen LogP contribution in [0.25, 0.3) is 0 Å². The van der Waals surface area contributed by atoms with E-state index in [1.54, 1.807) is 6.08 Å². The van der Waals surface area contributed by atoms with E-state index in [1.165, 1.54) is 0 Å². The number of aliphatic hydroxyl groups is 3. The molecule has 0 bridgehead atoms. The first-order chi connectivity index (χ1) is 20.1. The van der Waals surface area contributed by atoms with Crippen molar-refractivity contribution >= 4 is 19.8 Å². The summed E-state index contributed by atoms with van der Waals surface area (Å²) < 4.78 is 32.4. The molecule has 1 saturated carbocycles. The highest BCUT2D eigenvalue weighted by Gasteiger charge is 2.39. The van der Waals surface area contributed by atoms with Gasteiger partial charge < -0.3 is 43.2 Å². The molecule has 1 fully saturated rings. The van der Waals surface area contributed by atoms with Gasteiger partial charge in [-0.15, -0.1) is 0 Å². The van der Waals surface area contributed by atoms with E-state index < -0.39 is 50.8 Å².